The summed E-state index contributed by atoms with van der Waals surface area (Å²) in [6.45, 7) is 4.85. The van der Waals surface area contributed by atoms with Crippen molar-refractivity contribution in [1.82, 2.24) is 14.5 Å². The SMILES string of the molecule is CN(CCC(=O)O)CCC(CSc1ccccc1)Nc1ccc(S(=O)(=O)NC(=O)c2ccc(N3CCN(Cc4ccccc4-c4ccc(Cl)cc4)CC3)cc2)cc1[N+](=O)[O-]. The number of nitrogens with one attached hydrogen (secondary N) is 2. The molecule has 0 radical (unpaired) electrons. The van der Waals surface area contributed by atoms with Crippen LogP contribution < -0.4 is 14.9 Å². The highest BCUT2D eigenvalue weighted by Gasteiger charge is 2.26. The van der Waals surface area contributed by atoms with Gasteiger partial charge in [0.25, 0.3) is 21.6 Å². The van der Waals surface area contributed by atoms with Gasteiger partial charge in [-0.3, -0.25) is 24.6 Å². The first-order chi connectivity index (χ1) is 28.8. The van der Waals surface area contributed by atoms with Crippen LogP contribution in [0.3, 0.4) is 0 Å². The van der Waals surface area contributed by atoms with Crippen molar-refractivity contribution in [3.8, 4) is 11.1 Å². The number of carboxylic acids is 1. The maximum Gasteiger partial charge on any atom is 0.304 e. The van der Waals surface area contributed by atoms with Gasteiger partial charge >= 0.3 is 5.97 Å². The number of nitro benzene ring substituents is 1. The average Bonchev–Trinajstić information content (AvgIpc) is 3.25. The quantitative estimate of drug-likeness (QED) is 0.0421. The number of benzene rings is 5. The standard InChI is InChI=1S/C44H47ClN6O7S2/c1-48(24-22-43(52)53)23-21-36(31-59-38-8-3-2-4-9-38)46-41-20-19-39(29-42(41)51(55)56)60(57,58)47-44(54)33-13-17-37(18-14-33)50-27-25-49(26-28-50)30-34-7-5-6-10-40(34)32-11-15-35(45)16-12-32/h2-20,29,36,46H,21-28,30-31H2,1H3,(H,47,54)(H,52,53). The number of hydrogen-bond donors (Lipinski definition) is 3. The molecule has 314 valence electrons. The van der Waals surface area contributed by atoms with E-state index in [0.29, 0.717) is 30.3 Å². The third kappa shape index (κ3) is 12.3. The summed E-state index contributed by atoms with van der Waals surface area (Å²) in [7, 11) is -2.68. The van der Waals surface area contributed by atoms with E-state index in [1.165, 1.54) is 23.3 Å². The molecule has 5 aromatic carbocycles. The summed E-state index contributed by atoms with van der Waals surface area (Å²) in [5.41, 5.74) is 4.21. The molecule has 0 spiro atoms. The van der Waals surface area contributed by atoms with Crippen molar-refractivity contribution in [2.75, 3.05) is 62.3 Å². The number of carbonyl (C=O) groups excluding carboxylic acids is 1. The smallest absolute Gasteiger partial charge is 0.304 e. The molecule has 1 saturated heterocycles. The minimum absolute atomic E-state index is 0.0153. The molecule has 1 heterocycles. The summed E-state index contributed by atoms with van der Waals surface area (Å²) < 4.78 is 28.9. The van der Waals surface area contributed by atoms with Gasteiger partial charge in [0.2, 0.25) is 0 Å². The van der Waals surface area contributed by atoms with E-state index in [1.54, 1.807) is 36.0 Å². The van der Waals surface area contributed by atoms with Crippen LogP contribution in [0.25, 0.3) is 11.1 Å². The highest BCUT2D eigenvalue weighted by Crippen LogP contribution is 2.31. The van der Waals surface area contributed by atoms with Gasteiger partial charge in [0.1, 0.15) is 5.69 Å². The van der Waals surface area contributed by atoms with E-state index >= 15 is 0 Å². The number of nitro groups is 1. The highest BCUT2D eigenvalue weighted by molar-refractivity contribution is 7.99. The van der Waals surface area contributed by atoms with Crippen molar-refractivity contribution in [2.24, 2.45) is 0 Å². The fourth-order valence-electron chi connectivity index (χ4n) is 6.89. The minimum Gasteiger partial charge on any atom is -0.481 e. The summed E-state index contributed by atoms with van der Waals surface area (Å²) >= 11 is 7.67. The van der Waals surface area contributed by atoms with Crippen LogP contribution >= 0.6 is 23.4 Å². The number of halogens is 1. The first-order valence-corrected chi connectivity index (χ1v) is 22.3. The van der Waals surface area contributed by atoms with Gasteiger partial charge in [-0.05, 0) is 97.4 Å². The van der Waals surface area contributed by atoms with E-state index in [2.05, 4.69) is 32.0 Å². The Labute approximate surface area is 359 Å². The third-order valence-corrected chi connectivity index (χ3v) is 13.0. The van der Waals surface area contributed by atoms with E-state index in [9.17, 15) is 28.1 Å². The Kier molecular flexibility index (Phi) is 15.2. The van der Waals surface area contributed by atoms with Gasteiger partial charge in [-0.1, -0.05) is 66.2 Å². The Hall–Kier alpha value is -5.45. The number of nitrogens with zero attached hydrogens (tertiary/aromatic N) is 4. The number of sulfonamides is 1. The highest BCUT2D eigenvalue weighted by atomic mass is 35.5. The maximum absolute atomic E-state index is 13.4. The van der Waals surface area contributed by atoms with E-state index in [4.69, 9.17) is 16.7 Å². The second kappa shape index (κ2) is 20.7. The molecule has 6 rings (SSSR count). The van der Waals surface area contributed by atoms with Crippen molar-refractivity contribution in [2.45, 2.75) is 35.2 Å². The molecule has 0 saturated carbocycles. The maximum atomic E-state index is 13.4. The molecule has 1 unspecified atom stereocenters. The lowest BCUT2D eigenvalue weighted by Gasteiger charge is -2.36. The van der Waals surface area contributed by atoms with Crippen LogP contribution in [-0.4, -0.2) is 98.2 Å². The fourth-order valence-corrected chi connectivity index (χ4v) is 9.01. The molecule has 5 aromatic rings. The summed E-state index contributed by atoms with van der Waals surface area (Å²) in [6, 6.07) is 35.8. The fraction of sp³-hybridized carbons (Fsp3) is 0.273. The number of rotatable bonds is 19. The molecule has 16 heteroatoms. The minimum atomic E-state index is -4.49. The Morgan fingerprint density at radius 2 is 1.58 bits per heavy atom. The Balaban J connectivity index is 1.06. The van der Waals surface area contributed by atoms with Crippen LogP contribution in [0.4, 0.5) is 17.1 Å². The molecule has 1 fully saturated rings. The zero-order chi connectivity index (χ0) is 42.6. The van der Waals surface area contributed by atoms with Gasteiger partial charge in [0.05, 0.1) is 16.2 Å². The van der Waals surface area contributed by atoms with Gasteiger partial charge in [-0.25, -0.2) is 13.1 Å². The van der Waals surface area contributed by atoms with E-state index in [-0.39, 0.29) is 23.7 Å². The number of carbonyl (C=O) groups is 2. The van der Waals surface area contributed by atoms with Gasteiger partial charge in [-0.15, -0.1) is 11.8 Å². The normalized spacial score (nSPS) is 13.8. The number of hydrogen-bond acceptors (Lipinski definition) is 11. The summed E-state index contributed by atoms with van der Waals surface area (Å²) in [4.78, 5) is 42.9. The Morgan fingerprint density at radius 1 is 0.900 bits per heavy atom. The Bertz CT molecular complexity index is 2360. The van der Waals surface area contributed by atoms with E-state index < -0.39 is 37.4 Å². The topological polar surface area (TPSA) is 165 Å². The van der Waals surface area contributed by atoms with Crippen molar-refractivity contribution >= 4 is 62.3 Å². The van der Waals surface area contributed by atoms with Crippen LogP contribution in [0.1, 0.15) is 28.8 Å². The van der Waals surface area contributed by atoms with Crippen LogP contribution in [0.2, 0.25) is 5.02 Å². The third-order valence-electron chi connectivity index (χ3n) is 10.3. The molecule has 1 aliphatic heterocycles. The van der Waals surface area contributed by atoms with Crippen LogP contribution in [0.5, 0.6) is 0 Å². The van der Waals surface area contributed by atoms with Crippen molar-refractivity contribution in [3.05, 3.63) is 148 Å². The van der Waals surface area contributed by atoms with E-state index in [0.717, 1.165) is 54.9 Å². The number of amides is 1. The first kappa shape index (κ1) is 44.1. The molecule has 13 nitrogen and oxygen atoms in total. The number of aliphatic carboxylic acids is 1. The summed E-state index contributed by atoms with van der Waals surface area (Å²) in [5.74, 6) is -1.23. The lowest BCUT2D eigenvalue weighted by Crippen LogP contribution is -2.46. The first-order valence-electron chi connectivity index (χ1n) is 19.5. The molecule has 1 aliphatic rings. The zero-order valence-electron chi connectivity index (χ0n) is 33.1. The van der Waals surface area contributed by atoms with Crippen molar-refractivity contribution < 1.29 is 28.0 Å². The monoisotopic (exact) mass is 870 g/mol. The molecule has 1 amide bonds. The number of carboxylic acid groups (broad SMARTS) is 1. The van der Waals surface area contributed by atoms with Crippen LogP contribution in [-0.2, 0) is 21.4 Å². The molecule has 3 N–H and O–H groups in total. The van der Waals surface area contributed by atoms with Crippen LogP contribution in [0, 0.1) is 10.1 Å². The number of thioether (sulfide) groups is 1. The lowest BCUT2D eigenvalue weighted by molar-refractivity contribution is -0.384. The predicted octanol–water partition coefficient (Wildman–Crippen LogP) is 7.73. The summed E-state index contributed by atoms with van der Waals surface area (Å²) in [5, 5.41) is 25.2. The largest absolute Gasteiger partial charge is 0.481 e. The summed E-state index contributed by atoms with van der Waals surface area (Å²) in [6.07, 6.45) is 0.512. The molecule has 0 bridgehead atoms. The van der Waals surface area contributed by atoms with Gasteiger partial charge in [0.15, 0.2) is 0 Å². The average molecular weight is 871 g/mol. The molecular weight excluding hydrogens is 824 g/mol. The zero-order valence-corrected chi connectivity index (χ0v) is 35.5. The van der Waals surface area contributed by atoms with Gasteiger partial charge < -0.3 is 20.2 Å². The second-order valence-electron chi connectivity index (χ2n) is 14.5. The lowest BCUT2D eigenvalue weighted by atomic mass is 9.99. The van der Waals surface area contributed by atoms with Gasteiger partial charge in [0, 0.05) is 78.3 Å². The van der Waals surface area contributed by atoms with Crippen molar-refractivity contribution in [1.29, 1.82) is 0 Å². The van der Waals surface area contributed by atoms with E-state index in [1.807, 2.05) is 78.7 Å². The van der Waals surface area contributed by atoms with Crippen molar-refractivity contribution in [3.63, 3.8) is 0 Å². The molecule has 0 aromatic heterocycles. The Morgan fingerprint density at radius 3 is 2.27 bits per heavy atom. The van der Waals surface area contributed by atoms with Gasteiger partial charge in [-0.2, -0.15) is 0 Å². The van der Waals surface area contributed by atoms with Crippen LogP contribution in [0.15, 0.2) is 131 Å². The second-order valence-corrected chi connectivity index (χ2v) is 17.8. The number of anilines is 2. The molecule has 60 heavy (non-hydrogen) atoms. The molecule has 1 atom stereocenters. The number of piperazine rings is 1. The molecular formula is C44H47ClN6O7S2. The predicted molar refractivity (Wildman–Crippen MR) is 238 cm³/mol. The molecule has 0 aliphatic carbocycles.